The molecule has 4 nitrogen and oxygen atoms in total. The predicted octanol–water partition coefficient (Wildman–Crippen LogP) is 4.05. The SMILES string of the molecule is CC(C)(C)OC(=O)N1CCN(c2cc(Cl)cc(Cl)c2)CC1. The molecule has 0 unspecified atom stereocenters. The van der Waals surface area contributed by atoms with Crippen LogP contribution in [0.5, 0.6) is 0 Å². The third-order valence-electron chi connectivity index (χ3n) is 3.14. The molecule has 0 spiro atoms. The first-order valence-electron chi connectivity index (χ1n) is 6.93. The molecule has 116 valence electrons. The number of piperazine rings is 1. The monoisotopic (exact) mass is 330 g/mol. The van der Waals surface area contributed by atoms with Crippen LogP contribution in [-0.4, -0.2) is 42.8 Å². The summed E-state index contributed by atoms with van der Waals surface area (Å²) in [6.45, 7) is 8.32. The van der Waals surface area contributed by atoms with Gasteiger partial charge in [0.15, 0.2) is 0 Å². The maximum atomic E-state index is 12.0. The summed E-state index contributed by atoms with van der Waals surface area (Å²) in [4.78, 5) is 15.9. The first-order chi connectivity index (χ1) is 9.74. The van der Waals surface area contributed by atoms with E-state index in [1.54, 1.807) is 11.0 Å². The zero-order valence-electron chi connectivity index (χ0n) is 12.5. The molecule has 0 aliphatic carbocycles. The summed E-state index contributed by atoms with van der Waals surface area (Å²) in [5.74, 6) is 0. The van der Waals surface area contributed by atoms with Crippen LogP contribution < -0.4 is 4.90 Å². The van der Waals surface area contributed by atoms with Gasteiger partial charge in [-0.3, -0.25) is 0 Å². The average molecular weight is 331 g/mol. The minimum Gasteiger partial charge on any atom is -0.444 e. The van der Waals surface area contributed by atoms with Gasteiger partial charge in [-0.25, -0.2) is 4.79 Å². The van der Waals surface area contributed by atoms with E-state index in [1.165, 1.54) is 0 Å². The maximum absolute atomic E-state index is 12.0. The Kier molecular flexibility index (Phi) is 4.89. The lowest BCUT2D eigenvalue weighted by molar-refractivity contribution is 0.0240. The van der Waals surface area contributed by atoms with Crippen LogP contribution in [0.3, 0.4) is 0 Å². The Labute approximate surface area is 135 Å². The van der Waals surface area contributed by atoms with Crippen molar-refractivity contribution in [2.45, 2.75) is 26.4 Å². The van der Waals surface area contributed by atoms with Gasteiger partial charge in [0.25, 0.3) is 0 Å². The molecule has 0 radical (unpaired) electrons. The van der Waals surface area contributed by atoms with Gasteiger partial charge in [-0.2, -0.15) is 0 Å². The minimum absolute atomic E-state index is 0.258. The molecule has 1 saturated heterocycles. The smallest absolute Gasteiger partial charge is 0.410 e. The Hall–Kier alpha value is -1.13. The van der Waals surface area contributed by atoms with Gasteiger partial charge in [-0.1, -0.05) is 23.2 Å². The van der Waals surface area contributed by atoms with E-state index in [0.717, 1.165) is 18.8 Å². The molecule has 1 aromatic rings. The van der Waals surface area contributed by atoms with Gasteiger partial charge in [-0.05, 0) is 39.0 Å². The van der Waals surface area contributed by atoms with Crippen molar-refractivity contribution in [3.8, 4) is 0 Å². The standard InChI is InChI=1S/C15H20Cl2N2O2/c1-15(2,3)21-14(20)19-6-4-18(5-7-19)13-9-11(16)8-12(17)10-13/h8-10H,4-7H2,1-3H3. The van der Waals surface area contributed by atoms with Crippen molar-refractivity contribution >= 4 is 35.0 Å². The molecule has 1 fully saturated rings. The van der Waals surface area contributed by atoms with Crippen molar-refractivity contribution in [1.29, 1.82) is 0 Å². The number of rotatable bonds is 1. The highest BCUT2D eigenvalue weighted by Gasteiger charge is 2.26. The summed E-state index contributed by atoms with van der Waals surface area (Å²) in [7, 11) is 0. The van der Waals surface area contributed by atoms with E-state index < -0.39 is 5.60 Å². The van der Waals surface area contributed by atoms with Gasteiger partial charge in [0, 0.05) is 41.9 Å². The second-order valence-electron chi connectivity index (χ2n) is 6.08. The van der Waals surface area contributed by atoms with Crippen LogP contribution in [0.15, 0.2) is 18.2 Å². The fraction of sp³-hybridized carbons (Fsp3) is 0.533. The summed E-state index contributed by atoms with van der Waals surface area (Å²) in [6.07, 6.45) is -0.258. The van der Waals surface area contributed by atoms with Gasteiger partial charge in [0.05, 0.1) is 0 Å². The highest BCUT2D eigenvalue weighted by Crippen LogP contribution is 2.26. The molecule has 21 heavy (non-hydrogen) atoms. The molecule has 2 rings (SSSR count). The fourth-order valence-corrected chi connectivity index (χ4v) is 2.71. The van der Waals surface area contributed by atoms with E-state index in [-0.39, 0.29) is 6.09 Å². The Morgan fingerprint density at radius 2 is 1.57 bits per heavy atom. The Balaban J connectivity index is 1.95. The zero-order valence-corrected chi connectivity index (χ0v) is 14.0. The van der Waals surface area contributed by atoms with Gasteiger partial charge >= 0.3 is 6.09 Å². The number of ether oxygens (including phenoxy) is 1. The van der Waals surface area contributed by atoms with Crippen molar-refractivity contribution in [2.75, 3.05) is 31.1 Å². The zero-order chi connectivity index (χ0) is 15.6. The van der Waals surface area contributed by atoms with Crippen LogP contribution in [0.2, 0.25) is 10.0 Å². The number of carbonyl (C=O) groups excluding carboxylic acids is 1. The molecule has 0 saturated carbocycles. The summed E-state index contributed by atoms with van der Waals surface area (Å²) < 4.78 is 5.38. The van der Waals surface area contributed by atoms with Crippen LogP contribution in [0.25, 0.3) is 0 Å². The molecule has 0 atom stereocenters. The summed E-state index contributed by atoms with van der Waals surface area (Å²) in [5.41, 5.74) is 0.519. The number of hydrogen-bond donors (Lipinski definition) is 0. The van der Waals surface area contributed by atoms with Crippen molar-refractivity contribution in [2.24, 2.45) is 0 Å². The Morgan fingerprint density at radius 1 is 1.05 bits per heavy atom. The van der Waals surface area contributed by atoms with E-state index >= 15 is 0 Å². The number of halogens is 2. The predicted molar refractivity (Wildman–Crippen MR) is 86.5 cm³/mol. The fourth-order valence-electron chi connectivity index (χ4n) is 2.20. The van der Waals surface area contributed by atoms with E-state index in [0.29, 0.717) is 23.1 Å². The van der Waals surface area contributed by atoms with Crippen molar-refractivity contribution < 1.29 is 9.53 Å². The molecule has 1 aliphatic rings. The van der Waals surface area contributed by atoms with Gasteiger partial charge < -0.3 is 14.5 Å². The van der Waals surface area contributed by atoms with Crippen molar-refractivity contribution in [1.82, 2.24) is 4.90 Å². The lowest BCUT2D eigenvalue weighted by atomic mass is 10.2. The minimum atomic E-state index is -0.464. The van der Waals surface area contributed by atoms with Gasteiger partial charge in [0.1, 0.15) is 5.60 Å². The van der Waals surface area contributed by atoms with Gasteiger partial charge in [0.2, 0.25) is 0 Å². The third-order valence-corrected chi connectivity index (χ3v) is 3.58. The molecule has 0 N–H and O–H groups in total. The number of nitrogens with zero attached hydrogens (tertiary/aromatic N) is 2. The van der Waals surface area contributed by atoms with Crippen LogP contribution in [-0.2, 0) is 4.74 Å². The molecular weight excluding hydrogens is 311 g/mol. The normalized spacial score (nSPS) is 16.0. The number of carbonyl (C=O) groups is 1. The lowest BCUT2D eigenvalue weighted by Crippen LogP contribution is -2.50. The number of benzene rings is 1. The Bertz CT molecular complexity index is 501. The topological polar surface area (TPSA) is 32.8 Å². The molecule has 6 heteroatoms. The number of hydrogen-bond acceptors (Lipinski definition) is 3. The average Bonchev–Trinajstić information content (AvgIpc) is 2.35. The third kappa shape index (κ3) is 4.68. The van der Waals surface area contributed by atoms with E-state index in [2.05, 4.69) is 4.90 Å². The lowest BCUT2D eigenvalue weighted by Gasteiger charge is -2.36. The second kappa shape index (κ2) is 6.32. The highest BCUT2D eigenvalue weighted by molar-refractivity contribution is 6.35. The van der Waals surface area contributed by atoms with Crippen molar-refractivity contribution in [3.05, 3.63) is 28.2 Å². The molecule has 0 bridgehead atoms. The quantitative estimate of drug-likeness (QED) is 0.778. The molecule has 1 amide bonds. The maximum Gasteiger partial charge on any atom is 0.410 e. The molecule has 0 aromatic heterocycles. The van der Waals surface area contributed by atoms with Crippen LogP contribution in [0.4, 0.5) is 10.5 Å². The largest absolute Gasteiger partial charge is 0.444 e. The first-order valence-corrected chi connectivity index (χ1v) is 7.69. The van der Waals surface area contributed by atoms with E-state index in [9.17, 15) is 4.79 Å². The molecule has 1 aliphatic heterocycles. The second-order valence-corrected chi connectivity index (χ2v) is 6.95. The van der Waals surface area contributed by atoms with Crippen molar-refractivity contribution in [3.63, 3.8) is 0 Å². The summed E-state index contributed by atoms with van der Waals surface area (Å²) in [6, 6.07) is 5.48. The molecular formula is C15H20Cl2N2O2. The van der Waals surface area contributed by atoms with E-state index in [4.69, 9.17) is 27.9 Å². The van der Waals surface area contributed by atoms with Crippen LogP contribution in [0, 0.1) is 0 Å². The van der Waals surface area contributed by atoms with Crippen LogP contribution in [0.1, 0.15) is 20.8 Å². The summed E-state index contributed by atoms with van der Waals surface area (Å²) in [5, 5.41) is 1.24. The summed E-state index contributed by atoms with van der Waals surface area (Å²) >= 11 is 12.1. The Morgan fingerprint density at radius 3 is 2.05 bits per heavy atom. The number of amides is 1. The first kappa shape index (κ1) is 16.2. The number of anilines is 1. The van der Waals surface area contributed by atoms with Crippen LogP contribution >= 0.6 is 23.2 Å². The van der Waals surface area contributed by atoms with E-state index in [1.807, 2.05) is 32.9 Å². The van der Waals surface area contributed by atoms with Gasteiger partial charge in [-0.15, -0.1) is 0 Å². The highest BCUT2D eigenvalue weighted by atomic mass is 35.5. The molecule has 1 aromatic carbocycles. The molecule has 1 heterocycles.